The van der Waals surface area contributed by atoms with Gasteiger partial charge in [0.05, 0.1) is 18.8 Å². The number of nitrogens with zero attached hydrogens (tertiary/aromatic N) is 1. The molecule has 0 bridgehead atoms. The number of amides is 1. The minimum absolute atomic E-state index is 0.0892. The van der Waals surface area contributed by atoms with Crippen LogP contribution in [0.3, 0.4) is 0 Å². The molecular formula is C18H26N2O3. The van der Waals surface area contributed by atoms with Gasteiger partial charge >= 0.3 is 0 Å². The third-order valence-electron chi connectivity index (χ3n) is 4.85. The Kier molecular flexibility index (Phi) is 5.30. The number of ether oxygens (including phenoxy) is 2. The molecule has 3 rings (SSSR count). The summed E-state index contributed by atoms with van der Waals surface area (Å²) in [5.74, 6) is 0.498. The van der Waals surface area contributed by atoms with Crippen molar-refractivity contribution in [1.29, 1.82) is 0 Å². The molecular weight excluding hydrogens is 292 g/mol. The fraction of sp³-hybridized carbons (Fsp3) is 0.611. The fourth-order valence-electron chi connectivity index (χ4n) is 3.34. The van der Waals surface area contributed by atoms with E-state index in [9.17, 15) is 4.79 Å². The van der Waals surface area contributed by atoms with Crippen molar-refractivity contribution in [2.24, 2.45) is 11.7 Å². The predicted octanol–water partition coefficient (Wildman–Crippen LogP) is 1.56. The number of likely N-dealkylation sites (tertiary alicyclic amines) is 1. The third kappa shape index (κ3) is 4.10. The average Bonchev–Trinajstić information content (AvgIpc) is 3.04. The first kappa shape index (κ1) is 16.4. The van der Waals surface area contributed by atoms with Gasteiger partial charge in [-0.05, 0) is 24.8 Å². The van der Waals surface area contributed by atoms with E-state index in [2.05, 4.69) is 12.1 Å². The highest BCUT2D eigenvalue weighted by molar-refractivity contribution is 5.86. The van der Waals surface area contributed by atoms with Crippen molar-refractivity contribution in [2.45, 2.75) is 31.4 Å². The number of rotatable bonds is 5. The second-order valence-electron chi connectivity index (χ2n) is 6.68. The molecule has 1 atom stereocenters. The average molecular weight is 318 g/mol. The summed E-state index contributed by atoms with van der Waals surface area (Å²) in [4.78, 5) is 14.6. The molecule has 5 nitrogen and oxygen atoms in total. The Labute approximate surface area is 137 Å². The molecule has 0 radical (unpaired) electrons. The standard InChI is InChI=1S/C18H26N2O3/c19-18(7-10-22-11-8-18)17(21)20-9-6-16(12-20)14-23-13-15-4-2-1-3-5-15/h1-5,16H,6-14,19H2. The van der Waals surface area contributed by atoms with E-state index in [1.807, 2.05) is 23.1 Å². The molecule has 23 heavy (non-hydrogen) atoms. The zero-order valence-corrected chi connectivity index (χ0v) is 13.6. The smallest absolute Gasteiger partial charge is 0.242 e. The number of hydrogen-bond donors (Lipinski definition) is 1. The Hall–Kier alpha value is -1.43. The molecule has 1 amide bonds. The highest BCUT2D eigenvalue weighted by Crippen LogP contribution is 2.25. The molecule has 5 heteroatoms. The van der Waals surface area contributed by atoms with E-state index < -0.39 is 5.54 Å². The van der Waals surface area contributed by atoms with Gasteiger partial charge in [0.15, 0.2) is 0 Å². The van der Waals surface area contributed by atoms with E-state index in [0.717, 1.165) is 19.5 Å². The zero-order valence-electron chi connectivity index (χ0n) is 13.6. The minimum Gasteiger partial charge on any atom is -0.381 e. The molecule has 0 aliphatic carbocycles. The van der Waals surface area contributed by atoms with E-state index >= 15 is 0 Å². The molecule has 1 aromatic rings. The van der Waals surface area contributed by atoms with Crippen LogP contribution in [-0.2, 0) is 20.9 Å². The summed E-state index contributed by atoms with van der Waals surface area (Å²) in [5, 5.41) is 0. The van der Waals surface area contributed by atoms with Gasteiger partial charge in [-0.3, -0.25) is 4.79 Å². The topological polar surface area (TPSA) is 64.8 Å². The molecule has 2 fully saturated rings. The van der Waals surface area contributed by atoms with Crippen LogP contribution in [0.5, 0.6) is 0 Å². The molecule has 0 aromatic heterocycles. The Morgan fingerprint density at radius 2 is 2.04 bits per heavy atom. The monoisotopic (exact) mass is 318 g/mol. The molecule has 1 unspecified atom stereocenters. The van der Waals surface area contributed by atoms with E-state index in [4.69, 9.17) is 15.2 Å². The molecule has 2 aliphatic rings. The first-order chi connectivity index (χ1) is 11.2. The lowest BCUT2D eigenvalue weighted by Gasteiger charge is -2.35. The lowest BCUT2D eigenvalue weighted by atomic mass is 9.90. The second kappa shape index (κ2) is 7.43. The van der Waals surface area contributed by atoms with Crippen LogP contribution in [0.25, 0.3) is 0 Å². The molecule has 126 valence electrons. The summed E-state index contributed by atoms with van der Waals surface area (Å²) in [6.45, 7) is 4.04. The maximum absolute atomic E-state index is 12.7. The van der Waals surface area contributed by atoms with Crippen LogP contribution in [0.2, 0.25) is 0 Å². The van der Waals surface area contributed by atoms with Crippen molar-refractivity contribution < 1.29 is 14.3 Å². The first-order valence-electron chi connectivity index (χ1n) is 8.45. The molecule has 1 aromatic carbocycles. The SMILES string of the molecule is NC1(C(=O)N2CCC(COCc3ccccc3)C2)CCOCC1. The van der Waals surface area contributed by atoms with Gasteiger partial charge in [-0.1, -0.05) is 30.3 Å². The summed E-state index contributed by atoms with van der Waals surface area (Å²) < 4.78 is 11.1. The first-order valence-corrected chi connectivity index (χ1v) is 8.45. The van der Waals surface area contributed by atoms with E-state index in [1.165, 1.54) is 5.56 Å². The number of benzene rings is 1. The zero-order chi connectivity index (χ0) is 16.1. The maximum atomic E-state index is 12.7. The molecule has 2 saturated heterocycles. The summed E-state index contributed by atoms with van der Waals surface area (Å²) in [6, 6.07) is 10.2. The number of carbonyl (C=O) groups excluding carboxylic acids is 1. The van der Waals surface area contributed by atoms with Gasteiger partial charge in [0, 0.05) is 32.2 Å². The van der Waals surface area contributed by atoms with Crippen LogP contribution in [0.4, 0.5) is 0 Å². The van der Waals surface area contributed by atoms with Gasteiger partial charge < -0.3 is 20.1 Å². The van der Waals surface area contributed by atoms with Gasteiger partial charge in [-0.2, -0.15) is 0 Å². The number of nitrogens with two attached hydrogens (primary N) is 1. The Morgan fingerprint density at radius 1 is 1.30 bits per heavy atom. The lowest BCUT2D eigenvalue weighted by molar-refractivity contribution is -0.139. The van der Waals surface area contributed by atoms with Crippen molar-refractivity contribution in [3.05, 3.63) is 35.9 Å². The largest absolute Gasteiger partial charge is 0.381 e. The summed E-state index contributed by atoms with van der Waals surface area (Å²) >= 11 is 0. The highest BCUT2D eigenvalue weighted by Gasteiger charge is 2.41. The fourth-order valence-corrected chi connectivity index (χ4v) is 3.34. The molecule has 0 saturated carbocycles. The Balaban J connectivity index is 1.44. The van der Waals surface area contributed by atoms with E-state index in [0.29, 0.717) is 45.2 Å². The van der Waals surface area contributed by atoms with Crippen LogP contribution in [0.15, 0.2) is 30.3 Å². The Bertz CT molecular complexity index is 514. The highest BCUT2D eigenvalue weighted by atomic mass is 16.5. The van der Waals surface area contributed by atoms with Crippen molar-refractivity contribution in [2.75, 3.05) is 32.9 Å². The van der Waals surface area contributed by atoms with Crippen molar-refractivity contribution in [3.8, 4) is 0 Å². The van der Waals surface area contributed by atoms with Crippen molar-refractivity contribution in [3.63, 3.8) is 0 Å². The van der Waals surface area contributed by atoms with Gasteiger partial charge in [0.1, 0.15) is 0 Å². The van der Waals surface area contributed by atoms with Crippen LogP contribution in [0, 0.1) is 5.92 Å². The second-order valence-corrected chi connectivity index (χ2v) is 6.68. The molecule has 2 heterocycles. The number of carbonyl (C=O) groups is 1. The summed E-state index contributed by atoms with van der Waals surface area (Å²) in [7, 11) is 0. The minimum atomic E-state index is -0.724. The maximum Gasteiger partial charge on any atom is 0.242 e. The normalized spacial score (nSPS) is 23.9. The Morgan fingerprint density at radius 3 is 2.78 bits per heavy atom. The predicted molar refractivity (Wildman–Crippen MR) is 87.8 cm³/mol. The van der Waals surface area contributed by atoms with Gasteiger partial charge in [-0.25, -0.2) is 0 Å². The van der Waals surface area contributed by atoms with Crippen LogP contribution >= 0.6 is 0 Å². The van der Waals surface area contributed by atoms with Gasteiger partial charge in [-0.15, -0.1) is 0 Å². The van der Waals surface area contributed by atoms with Crippen molar-refractivity contribution >= 4 is 5.91 Å². The summed E-state index contributed by atoms with van der Waals surface area (Å²) in [6.07, 6.45) is 2.24. The molecule has 2 aliphatic heterocycles. The van der Waals surface area contributed by atoms with E-state index in [-0.39, 0.29) is 5.91 Å². The van der Waals surface area contributed by atoms with Crippen LogP contribution in [-0.4, -0.2) is 49.3 Å². The van der Waals surface area contributed by atoms with Gasteiger partial charge in [0.25, 0.3) is 0 Å². The van der Waals surface area contributed by atoms with Crippen LogP contribution < -0.4 is 5.73 Å². The van der Waals surface area contributed by atoms with Crippen molar-refractivity contribution in [1.82, 2.24) is 4.90 Å². The van der Waals surface area contributed by atoms with Gasteiger partial charge in [0.2, 0.25) is 5.91 Å². The van der Waals surface area contributed by atoms with Crippen LogP contribution in [0.1, 0.15) is 24.8 Å². The van der Waals surface area contributed by atoms with E-state index in [1.54, 1.807) is 0 Å². The molecule has 0 spiro atoms. The summed E-state index contributed by atoms with van der Waals surface area (Å²) in [5.41, 5.74) is 6.76. The third-order valence-corrected chi connectivity index (χ3v) is 4.85. The number of hydrogen-bond acceptors (Lipinski definition) is 4. The molecule has 2 N–H and O–H groups in total. The lowest BCUT2D eigenvalue weighted by Crippen LogP contribution is -2.57. The quantitative estimate of drug-likeness (QED) is 0.895.